The quantitative estimate of drug-likeness (QED) is 0.639. The van der Waals surface area contributed by atoms with Gasteiger partial charge in [0.25, 0.3) is 11.8 Å². The number of aryl methyl sites for hydroxylation is 1. The molecule has 0 saturated carbocycles. The molecule has 0 atom stereocenters. The Bertz CT molecular complexity index is 1080. The van der Waals surface area contributed by atoms with Gasteiger partial charge in [-0.2, -0.15) is 5.10 Å². The molecule has 160 valence electrons. The Labute approximate surface area is 181 Å². The van der Waals surface area contributed by atoms with Gasteiger partial charge in [0.1, 0.15) is 5.69 Å². The van der Waals surface area contributed by atoms with Gasteiger partial charge in [-0.25, -0.2) is 4.98 Å². The van der Waals surface area contributed by atoms with Gasteiger partial charge >= 0.3 is 0 Å². The molecule has 8 heteroatoms. The summed E-state index contributed by atoms with van der Waals surface area (Å²) in [5.41, 5.74) is 2.83. The lowest BCUT2D eigenvalue weighted by molar-refractivity contribution is 0.0948. The van der Waals surface area contributed by atoms with Gasteiger partial charge in [-0.3, -0.25) is 19.3 Å². The first-order valence-corrected chi connectivity index (χ1v) is 10.1. The first kappa shape index (κ1) is 21.9. The van der Waals surface area contributed by atoms with Crippen LogP contribution in [0.25, 0.3) is 5.57 Å². The second kappa shape index (κ2) is 10.3. The van der Waals surface area contributed by atoms with E-state index in [0.29, 0.717) is 24.3 Å². The molecule has 2 aromatic rings. The van der Waals surface area contributed by atoms with Crippen LogP contribution in [0.15, 0.2) is 59.9 Å². The highest BCUT2D eigenvalue weighted by molar-refractivity contribution is 6.10. The third kappa shape index (κ3) is 5.85. The first-order chi connectivity index (χ1) is 15.0. The highest BCUT2D eigenvalue weighted by Crippen LogP contribution is 2.16. The summed E-state index contributed by atoms with van der Waals surface area (Å²) in [5, 5.41) is 9.79. The predicted octanol–water partition coefficient (Wildman–Crippen LogP) is 3.53. The van der Waals surface area contributed by atoms with Crippen molar-refractivity contribution in [3.63, 3.8) is 0 Å². The average molecular weight is 419 g/mol. The Balaban J connectivity index is 1.94. The van der Waals surface area contributed by atoms with Gasteiger partial charge in [-0.1, -0.05) is 30.9 Å². The SMILES string of the molecule is C=C1C/C=C/CCCNC(=O)c2nn(C)cc2NC(=O)c2cccc(n2)/C(=C/C)C=N1. The number of aromatic nitrogens is 3. The van der Waals surface area contributed by atoms with Gasteiger partial charge in [0, 0.05) is 43.7 Å². The molecule has 1 aliphatic heterocycles. The standard InChI is InChI=1S/C23H26N6O2/c1-4-17-14-25-16(2)10-7-5-6-8-13-24-23(31)21-20(15-29(3)28-21)27-22(30)19-12-9-11-18(17)26-19/h4-5,7,9,11-12,14-15H,2,6,8,10,13H2,1,3H3,(H,24,31)(H,27,30)/b7-5+,17-4+,25-14?. The summed E-state index contributed by atoms with van der Waals surface area (Å²) < 4.78 is 1.49. The van der Waals surface area contributed by atoms with Crippen LogP contribution in [0.2, 0.25) is 0 Å². The Morgan fingerprint density at radius 1 is 1.16 bits per heavy atom. The van der Waals surface area contributed by atoms with Crippen LogP contribution in [-0.2, 0) is 7.05 Å². The molecule has 0 aromatic carbocycles. The zero-order valence-electron chi connectivity index (χ0n) is 17.8. The molecule has 0 aliphatic carbocycles. The van der Waals surface area contributed by atoms with Crippen LogP contribution in [0.1, 0.15) is 52.9 Å². The summed E-state index contributed by atoms with van der Waals surface area (Å²) in [4.78, 5) is 34.3. The number of nitrogens with zero attached hydrogens (tertiary/aromatic N) is 4. The van der Waals surface area contributed by atoms with Crippen LogP contribution in [0.3, 0.4) is 0 Å². The lowest BCUT2D eigenvalue weighted by atomic mass is 10.1. The van der Waals surface area contributed by atoms with Crippen LogP contribution >= 0.6 is 0 Å². The van der Waals surface area contributed by atoms with E-state index >= 15 is 0 Å². The number of anilines is 1. The number of aliphatic imine (C=N–C) groups is 1. The molecule has 1 aliphatic rings. The van der Waals surface area contributed by atoms with Gasteiger partial charge in [-0.05, 0) is 31.9 Å². The number of allylic oxidation sites excluding steroid dienone is 4. The highest BCUT2D eigenvalue weighted by atomic mass is 16.2. The number of rotatable bonds is 0. The maximum Gasteiger partial charge on any atom is 0.274 e. The smallest absolute Gasteiger partial charge is 0.274 e. The molecule has 0 unspecified atom stereocenters. The van der Waals surface area contributed by atoms with Crippen LogP contribution < -0.4 is 10.6 Å². The molecule has 2 aromatic heterocycles. The number of hydrogen-bond donors (Lipinski definition) is 2. The molecule has 0 saturated heterocycles. The fourth-order valence-electron chi connectivity index (χ4n) is 3.00. The number of nitrogens with one attached hydrogen (secondary N) is 2. The van der Waals surface area contributed by atoms with Crippen molar-refractivity contribution in [3.05, 3.63) is 72.0 Å². The van der Waals surface area contributed by atoms with Crippen molar-refractivity contribution in [2.24, 2.45) is 12.0 Å². The number of amides is 2. The van der Waals surface area contributed by atoms with Crippen molar-refractivity contribution < 1.29 is 9.59 Å². The number of pyridine rings is 1. The van der Waals surface area contributed by atoms with Crippen LogP contribution in [-0.4, -0.2) is 39.3 Å². The van der Waals surface area contributed by atoms with Gasteiger partial charge in [0.15, 0.2) is 5.69 Å². The molecule has 2 bridgehead atoms. The Hall–Kier alpha value is -3.81. The minimum absolute atomic E-state index is 0.165. The third-order valence-corrected chi connectivity index (χ3v) is 4.62. The lowest BCUT2D eigenvalue weighted by Crippen LogP contribution is -2.26. The fraction of sp³-hybridized carbons (Fsp3) is 0.261. The number of fused-ring (bicyclic) bond motifs is 3. The van der Waals surface area contributed by atoms with Crippen LogP contribution in [0.4, 0.5) is 5.69 Å². The molecule has 31 heavy (non-hydrogen) atoms. The van der Waals surface area contributed by atoms with Crippen molar-refractivity contribution in [2.75, 3.05) is 11.9 Å². The molecule has 3 rings (SSSR count). The summed E-state index contributed by atoms with van der Waals surface area (Å²) in [6, 6.07) is 5.18. The molecule has 0 radical (unpaired) electrons. The maximum atomic E-state index is 12.8. The van der Waals surface area contributed by atoms with Gasteiger partial charge < -0.3 is 10.6 Å². The van der Waals surface area contributed by atoms with E-state index in [-0.39, 0.29) is 17.3 Å². The monoisotopic (exact) mass is 418 g/mol. The number of carbonyl (C=O) groups is 2. The summed E-state index contributed by atoms with van der Waals surface area (Å²) in [6.45, 7) is 6.36. The second-order valence-corrected chi connectivity index (χ2v) is 7.07. The predicted molar refractivity (Wildman–Crippen MR) is 122 cm³/mol. The maximum absolute atomic E-state index is 12.8. The fourth-order valence-corrected chi connectivity index (χ4v) is 3.00. The second-order valence-electron chi connectivity index (χ2n) is 7.07. The lowest BCUT2D eigenvalue weighted by Gasteiger charge is -2.07. The Kier molecular flexibility index (Phi) is 7.26. The van der Waals surface area contributed by atoms with Crippen molar-refractivity contribution >= 4 is 29.3 Å². The summed E-state index contributed by atoms with van der Waals surface area (Å²) in [5.74, 6) is -0.764. The summed E-state index contributed by atoms with van der Waals surface area (Å²) in [6.07, 6.45) is 11.5. The topological polar surface area (TPSA) is 101 Å². The molecular weight excluding hydrogens is 392 g/mol. The van der Waals surface area contributed by atoms with Crippen LogP contribution in [0, 0.1) is 0 Å². The van der Waals surface area contributed by atoms with Crippen molar-refractivity contribution in [3.8, 4) is 0 Å². The average Bonchev–Trinajstić information content (AvgIpc) is 3.13. The van der Waals surface area contributed by atoms with E-state index in [1.165, 1.54) is 4.68 Å². The van der Waals surface area contributed by atoms with Gasteiger partial charge in [-0.15, -0.1) is 0 Å². The number of carbonyl (C=O) groups excluding carboxylic acids is 2. The molecule has 0 spiro atoms. The van der Waals surface area contributed by atoms with Gasteiger partial charge in [0.2, 0.25) is 0 Å². The van der Waals surface area contributed by atoms with E-state index in [2.05, 4.69) is 38.4 Å². The normalized spacial score (nSPS) is 18.4. The van der Waals surface area contributed by atoms with E-state index < -0.39 is 5.91 Å². The molecule has 3 heterocycles. The zero-order valence-corrected chi connectivity index (χ0v) is 17.8. The third-order valence-electron chi connectivity index (χ3n) is 4.62. The van der Waals surface area contributed by atoms with Crippen molar-refractivity contribution in [1.82, 2.24) is 20.1 Å². The minimum Gasteiger partial charge on any atom is -0.351 e. The largest absolute Gasteiger partial charge is 0.351 e. The molecule has 2 N–H and O–H groups in total. The first-order valence-electron chi connectivity index (χ1n) is 10.1. The van der Waals surface area contributed by atoms with E-state index in [1.54, 1.807) is 31.6 Å². The van der Waals surface area contributed by atoms with Crippen LogP contribution in [0.5, 0.6) is 0 Å². The zero-order chi connectivity index (χ0) is 22.2. The molecule has 8 nitrogen and oxygen atoms in total. The summed E-state index contributed by atoms with van der Waals surface area (Å²) >= 11 is 0. The highest BCUT2D eigenvalue weighted by Gasteiger charge is 2.19. The Morgan fingerprint density at radius 3 is 2.77 bits per heavy atom. The van der Waals surface area contributed by atoms with E-state index in [4.69, 9.17) is 0 Å². The van der Waals surface area contributed by atoms with Crippen molar-refractivity contribution in [1.29, 1.82) is 0 Å². The molecular formula is C23H26N6O2. The van der Waals surface area contributed by atoms with E-state index in [9.17, 15) is 9.59 Å². The molecule has 0 fully saturated rings. The van der Waals surface area contributed by atoms with E-state index in [0.717, 1.165) is 24.1 Å². The van der Waals surface area contributed by atoms with Crippen molar-refractivity contribution in [2.45, 2.75) is 26.2 Å². The Morgan fingerprint density at radius 2 is 1.97 bits per heavy atom. The van der Waals surface area contributed by atoms with E-state index in [1.807, 2.05) is 25.1 Å². The summed E-state index contributed by atoms with van der Waals surface area (Å²) in [7, 11) is 1.69. The minimum atomic E-state index is -0.428. The number of hydrogen-bond acceptors (Lipinski definition) is 5. The van der Waals surface area contributed by atoms with Gasteiger partial charge in [0.05, 0.1) is 11.4 Å². The molecule has 2 amide bonds.